The van der Waals surface area contributed by atoms with Gasteiger partial charge in [-0.05, 0) is 12.5 Å². The lowest BCUT2D eigenvalue weighted by atomic mass is 10.1. The molecule has 104 valence electrons. The SMILES string of the molecule is Cc1ncsc1C(=O)NC(/C(N)=N/O)c1ccccc1. The number of amides is 1. The molecule has 1 heterocycles. The summed E-state index contributed by atoms with van der Waals surface area (Å²) >= 11 is 1.25. The fraction of sp³-hybridized carbons (Fsp3) is 0.154. The zero-order chi connectivity index (χ0) is 14.5. The van der Waals surface area contributed by atoms with Gasteiger partial charge in [-0.3, -0.25) is 4.79 Å². The van der Waals surface area contributed by atoms with E-state index in [0.717, 1.165) is 5.56 Å². The van der Waals surface area contributed by atoms with E-state index in [1.165, 1.54) is 11.3 Å². The molecule has 1 atom stereocenters. The molecular weight excluding hydrogens is 276 g/mol. The number of benzene rings is 1. The molecular formula is C13H14N4O2S. The Morgan fingerprint density at radius 3 is 2.70 bits per heavy atom. The third-order valence-corrected chi connectivity index (χ3v) is 3.70. The van der Waals surface area contributed by atoms with Crippen LogP contribution in [-0.4, -0.2) is 21.9 Å². The lowest BCUT2D eigenvalue weighted by Crippen LogP contribution is -2.37. The predicted molar refractivity (Wildman–Crippen MR) is 76.9 cm³/mol. The highest BCUT2D eigenvalue weighted by molar-refractivity contribution is 7.11. The number of hydrogen-bond acceptors (Lipinski definition) is 5. The molecule has 0 aliphatic heterocycles. The van der Waals surface area contributed by atoms with Gasteiger partial charge in [0.2, 0.25) is 0 Å². The molecule has 0 aliphatic carbocycles. The maximum absolute atomic E-state index is 12.2. The highest BCUT2D eigenvalue weighted by atomic mass is 32.1. The zero-order valence-corrected chi connectivity index (χ0v) is 11.6. The lowest BCUT2D eigenvalue weighted by Gasteiger charge is -2.17. The number of carbonyl (C=O) groups is 1. The first kappa shape index (κ1) is 14.0. The summed E-state index contributed by atoms with van der Waals surface area (Å²) in [7, 11) is 0. The highest BCUT2D eigenvalue weighted by Gasteiger charge is 2.21. The number of nitrogens with two attached hydrogens (primary N) is 1. The second-order valence-corrected chi connectivity index (χ2v) is 4.96. The van der Waals surface area contributed by atoms with E-state index in [4.69, 9.17) is 10.9 Å². The third kappa shape index (κ3) is 2.94. The van der Waals surface area contributed by atoms with Gasteiger partial charge >= 0.3 is 0 Å². The van der Waals surface area contributed by atoms with Crippen LogP contribution in [-0.2, 0) is 0 Å². The third-order valence-electron chi connectivity index (χ3n) is 2.77. The molecule has 0 aliphatic rings. The first-order chi connectivity index (χ1) is 9.63. The second kappa shape index (κ2) is 6.16. The molecule has 0 saturated carbocycles. The number of amidine groups is 1. The molecule has 0 fully saturated rings. The number of nitrogens with one attached hydrogen (secondary N) is 1. The van der Waals surface area contributed by atoms with E-state index in [1.807, 2.05) is 18.2 Å². The molecule has 1 aromatic carbocycles. The van der Waals surface area contributed by atoms with Crippen molar-refractivity contribution in [2.75, 3.05) is 0 Å². The van der Waals surface area contributed by atoms with Gasteiger partial charge in [0.05, 0.1) is 11.2 Å². The van der Waals surface area contributed by atoms with Gasteiger partial charge in [0.1, 0.15) is 10.9 Å². The smallest absolute Gasteiger partial charge is 0.264 e. The Labute approximate surface area is 120 Å². The Morgan fingerprint density at radius 1 is 1.45 bits per heavy atom. The Kier molecular flexibility index (Phi) is 4.31. The maximum Gasteiger partial charge on any atom is 0.264 e. The molecule has 4 N–H and O–H groups in total. The molecule has 1 unspecified atom stereocenters. The van der Waals surface area contributed by atoms with Gasteiger partial charge in [-0.1, -0.05) is 35.5 Å². The molecule has 1 aromatic heterocycles. The fourth-order valence-electron chi connectivity index (χ4n) is 1.75. The van der Waals surface area contributed by atoms with Crippen molar-refractivity contribution in [2.24, 2.45) is 10.9 Å². The van der Waals surface area contributed by atoms with Crippen LogP contribution in [0.15, 0.2) is 41.0 Å². The second-order valence-electron chi connectivity index (χ2n) is 4.11. The van der Waals surface area contributed by atoms with Gasteiger partial charge in [0.25, 0.3) is 5.91 Å². The first-order valence-corrected chi connectivity index (χ1v) is 6.74. The number of thiazole rings is 1. The van der Waals surface area contributed by atoms with Crippen LogP contribution in [0, 0.1) is 6.92 Å². The standard InChI is InChI=1S/C13H14N4O2S/c1-8-11(20-7-15-8)13(18)16-10(12(14)17-19)9-5-3-2-4-6-9/h2-7,10,19H,1H3,(H2,14,17)(H,16,18). The minimum absolute atomic E-state index is 0.0771. The van der Waals surface area contributed by atoms with Crippen LogP contribution in [0.1, 0.15) is 27.0 Å². The van der Waals surface area contributed by atoms with Gasteiger partial charge < -0.3 is 16.3 Å². The van der Waals surface area contributed by atoms with Crippen LogP contribution in [0.4, 0.5) is 0 Å². The molecule has 0 radical (unpaired) electrons. The topological polar surface area (TPSA) is 101 Å². The van der Waals surface area contributed by atoms with Gasteiger partial charge in [-0.2, -0.15) is 0 Å². The Hall–Kier alpha value is -2.41. The van der Waals surface area contributed by atoms with Gasteiger partial charge in [0, 0.05) is 0 Å². The zero-order valence-electron chi connectivity index (χ0n) is 10.8. The van der Waals surface area contributed by atoms with Crippen LogP contribution in [0.25, 0.3) is 0 Å². The molecule has 7 heteroatoms. The van der Waals surface area contributed by atoms with E-state index < -0.39 is 6.04 Å². The summed E-state index contributed by atoms with van der Waals surface area (Å²) in [5, 5.41) is 14.6. The van der Waals surface area contributed by atoms with Crippen molar-refractivity contribution in [3.8, 4) is 0 Å². The number of oxime groups is 1. The Bertz CT molecular complexity index is 624. The molecule has 0 spiro atoms. The van der Waals surface area contributed by atoms with Crippen LogP contribution >= 0.6 is 11.3 Å². The summed E-state index contributed by atoms with van der Waals surface area (Å²) in [5.41, 5.74) is 8.65. The molecule has 1 amide bonds. The van der Waals surface area contributed by atoms with Crippen molar-refractivity contribution >= 4 is 23.1 Å². The lowest BCUT2D eigenvalue weighted by molar-refractivity contribution is 0.0949. The average molecular weight is 290 g/mol. The minimum atomic E-state index is -0.685. The van der Waals surface area contributed by atoms with Crippen molar-refractivity contribution in [1.82, 2.24) is 10.3 Å². The summed E-state index contributed by atoms with van der Waals surface area (Å²) in [4.78, 5) is 16.7. The first-order valence-electron chi connectivity index (χ1n) is 5.86. The molecule has 2 rings (SSSR count). The summed E-state index contributed by atoms with van der Waals surface area (Å²) < 4.78 is 0. The van der Waals surface area contributed by atoms with Gasteiger partial charge in [0.15, 0.2) is 5.84 Å². The normalized spacial score (nSPS) is 12.9. The van der Waals surface area contributed by atoms with Crippen molar-refractivity contribution in [1.29, 1.82) is 0 Å². The van der Waals surface area contributed by atoms with E-state index in [-0.39, 0.29) is 11.7 Å². The quantitative estimate of drug-likeness (QED) is 0.345. The number of aromatic nitrogens is 1. The van der Waals surface area contributed by atoms with Crippen LogP contribution in [0.5, 0.6) is 0 Å². The molecule has 0 bridgehead atoms. The minimum Gasteiger partial charge on any atom is -0.409 e. The molecule has 6 nitrogen and oxygen atoms in total. The van der Waals surface area contributed by atoms with Crippen LogP contribution in [0.3, 0.4) is 0 Å². The maximum atomic E-state index is 12.2. The van der Waals surface area contributed by atoms with Gasteiger partial charge in [-0.15, -0.1) is 11.3 Å². The van der Waals surface area contributed by atoms with E-state index in [2.05, 4.69) is 15.5 Å². The summed E-state index contributed by atoms with van der Waals surface area (Å²) in [5.74, 6) is -0.378. The predicted octanol–water partition coefficient (Wildman–Crippen LogP) is 1.67. The average Bonchev–Trinajstić information content (AvgIpc) is 2.91. The summed E-state index contributed by atoms with van der Waals surface area (Å²) in [6.07, 6.45) is 0. The number of rotatable bonds is 4. The fourth-order valence-corrected chi connectivity index (χ4v) is 2.45. The van der Waals surface area contributed by atoms with Crippen molar-refractivity contribution in [3.05, 3.63) is 52.0 Å². The monoisotopic (exact) mass is 290 g/mol. The van der Waals surface area contributed by atoms with E-state index >= 15 is 0 Å². The largest absolute Gasteiger partial charge is 0.409 e. The number of carbonyl (C=O) groups excluding carboxylic acids is 1. The Balaban J connectivity index is 2.26. The number of nitrogens with zero attached hydrogens (tertiary/aromatic N) is 2. The summed E-state index contributed by atoms with van der Waals surface area (Å²) in [6.45, 7) is 1.76. The van der Waals surface area contributed by atoms with E-state index in [1.54, 1.807) is 24.6 Å². The van der Waals surface area contributed by atoms with E-state index in [9.17, 15) is 4.79 Å². The molecule has 0 saturated heterocycles. The summed E-state index contributed by atoms with van der Waals surface area (Å²) in [6, 6.07) is 8.39. The Morgan fingerprint density at radius 2 is 2.15 bits per heavy atom. The van der Waals surface area contributed by atoms with Gasteiger partial charge in [-0.25, -0.2) is 4.98 Å². The highest BCUT2D eigenvalue weighted by Crippen LogP contribution is 2.17. The van der Waals surface area contributed by atoms with Crippen molar-refractivity contribution in [2.45, 2.75) is 13.0 Å². The van der Waals surface area contributed by atoms with Crippen molar-refractivity contribution < 1.29 is 10.0 Å². The number of aryl methyl sites for hydroxylation is 1. The van der Waals surface area contributed by atoms with E-state index in [0.29, 0.717) is 10.6 Å². The van der Waals surface area contributed by atoms with Crippen molar-refractivity contribution in [3.63, 3.8) is 0 Å². The van der Waals surface area contributed by atoms with Crippen LogP contribution < -0.4 is 11.1 Å². The molecule has 20 heavy (non-hydrogen) atoms. The van der Waals surface area contributed by atoms with Crippen LogP contribution in [0.2, 0.25) is 0 Å². The molecule has 2 aromatic rings. The number of hydrogen-bond donors (Lipinski definition) is 3.